The summed E-state index contributed by atoms with van der Waals surface area (Å²) in [7, 11) is 1.64. The second kappa shape index (κ2) is 8.73. The number of nitrogens with zero attached hydrogens (tertiary/aromatic N) is 4. The molecule has 0 atom stereocenters. The van der Waals surface area contributed by atoms with Gasteiger partial charge in [-0.25, -0.2) is 0 Å². The fourth-order valence-electron chi connectivity index (χ4n) is 2.43. The third-order valence-corrected chi connectivity index (χ3v) is 4.77. The number of carbonyl (C=O) groups is 1. The van der Waals surface area contributed by atoms with Gasteiger partial charge in [-0.3, -0.25) is 4.79 Å². The van der Waals surface area contributed by atoms with Crippen LogP contribution in [0.5, 0.6) is 5.75 Å². The zero-order valence-electron chi connectivity index (χ0n) is 14.7. The minimum Gasteiger partial charge on any atom is -0.497 e. The molecular weight excluding hydrogens is 324 g/mol. The zero-order valence-corrected chi connectivity index (χ0v) is 15.5. The molecule has 0 aliphatic heterocycles. The van der Waals surface area contributed by atoms with E-state index in [2.05, 4.69) is 10.2 Å². The van der Waals surface area contributed by atoms with Crippen LogP contribution in [0.2, 0.25) is 0 Å². The monoisotopic (exact) mass is 348 g/mol. The van der Waals surface area contributed by atoms with E-state index >= 15 is 0 Å². The van der Waals surface area contributed by atoms with Crippen LogP contribution in [0.25, 0.3) is 11.4 Å². The molecule has 0 radical (unpaired) electrons. The van der Waals surface area contributed by atoms with Crippen LogP contribution >= 0.6 is 11.8 Å². The summed E-state index contributed by atoms with van der Waals surface area (Å²) in [5.41, 5.74) is 0.979. The molecule has 0 bridgehead atoms. The minimum absolute atomic E-state index is 0.127. The summed E-state index contributed by atoms with van der Waals surface area (Å²) in [5, 5.41) is 9.33. The molecule has 1 aromatic carbocycles. The van der Waals surface area contributed by atoms with Gasteiger partial charge in [0.05, 0.1) is 12.9 Å². The van der Waals surface area contributed by atoms with E-state index in [1.807, 2.05) is 54.5 Å². The van der Waals surface area contributed by atoms with Crippen LogP contribution in [0, 0.1) is 0 Å². The normalized spacial score (nSPS) is 10.7. The first-order valence-electron chi connectivity index (χ1n) is 8.12. The van der Waals surface area contributed by atoms with Crippen molar-refractivity contribution in [3.05, 3.63) is 24.3 Å². The van der Waals surface area contributed by atoms with E-state index < -0.39 is 0 Å². The molecule has 24 heavy (non-hydrogen) atoms. The third-order valence-electron chi connectivity index (χ3n) is 3.82. The number of carbonyl (C=O) groups excluding carboxylic acids is 1. The number of hydrogen-bond acceptors (Lipinski definition) is 5. The first-order chi connectivity index (χ1) is 11.6. The van der Waals surface area contributed by atoms with Gasteiger partial charge in [0, 0.05) is 25.2 Å². The predicted octanol–water partition coefficient (Wildman–Crippen LogP) is 2.93. The van der Waals surface area contributed by atoms with Crippen molar-refractivity contribution in [3.8, 4) is 17.1 Å². The van der Waals surface area contributed by atoms with Gasteiger partial charge in [0.1, 0.15) is 5.75 Å². The highest BCUT2D eigenvalue weighted by Gasteiger charge is 2.16. The van der Waals surface area contributed by atoms with E-state index in [9.17, 15) is 4.79 Å². The first-order valence-corrected chi connectivity index (χ1v) is 9.11. The minimum atomic E-state index is 0.127. The molecule has 0 saturated heterocycles. The molecule has 0 unspecified atom stereocenters. The Morgan fingerprint density at radius 2 is 1.83 bits per heavy atom. The highest BCUT2D eigenvalue weighted by atomic mass is 32.2. The van der Waals surface area contributed by atoms with Crippen LogP contribution in [0.15, 0.2) is 29.4 Å². The Labute approximate surface area is 147 Å². The molecule has 0 aliphatic rings. The van der Waals surface area contributed by atoms with Crippen molar-refractivity contribution in [2.75, 3.05) is 26.0 Å². The number of amides is 1. The molecule has 0 saturated carbocycles. The maximum atomic E-state index is 12.2. The van der Waals surface area contributed by atoms with Crippen molar-refractivity contribution in [3.63, 3.8) is 0 Å². The highest BCUT2D eigenvalue weighted by Crippen LogP contribution is 2.25. The number of aromatic nitrogens is 3. The number of hydrogen-bond donors (Lipinski definition) is 0. The fraction of sp³-hybridized carbons (Fsp3) is 0.471. The summed E-state index contributed by atoms with van der Waals surface area (Å²) in [6.45, 7) is 8.23. The molecule has 0 N–H and O–H groups in total. The van der Waals surface area contributed by atoms with E-state index in [1.165, 1.54) is 11.8 Å². The average Bonchev–Trinajstić information content (AvgIpc) is 3.04. The van der Waals surface area contributed by atoms with Gasteiger partial charge in [-0.15, -0.1) is 10.2 Å². The lowest BCUT2D eigenvalue weighted by atomic mass is 10.2. The second-order valence-electron chi connectivity index (χ2n) is 5.13. The molecule has 7 heteroatoms. The van der Waals surface area contributed by atoms with Crippen LogP contribution in [0.4, 0.5) is 0 Å². The lowest BCUT2D eigenvalue weighted by Gasteiger charge is -2.18. The van der Waals surface area contributed by atoms with Gasteiger partial charge in [0.15, 0.2) is 11.0 Å². The maximum Gasteiger partial charge on any atom is 0.233 e. The lowest BCUT2D eigenvalue weighted by Crippen LogP contribution is -2.31. The van der Waals surface area contributed by atoms with Gasteiger partial charge >= 0.3 is 0 Å². The molecule has 1 aromatic heterocycles. The van der Waals surface area contributed by atoms with Crippen LogP contribution < -0.4 is 4.74 Å². The zero-order chi connectivity index (χ0) is 17.5. The van der Waals surface area contributed by atoms with Gasteiger partial charge in [0.25, 0.3) is 0 Å². The summed E-state index contributed by atoms with van der Waals surface area (Å²) in [6, 6.07) is 7.73. The third kappa shape index (κ3) is 4.08. The molecule has 6 nitrogen and oxygen atoms in total. The Balaban J connectivity index is 2.15. The molecule has 1 amide bonds. The molecule has 0 fully saturated rings. The van der Waals surface area contributed by atoms with Crippen molar-refractivity contribution in [1.82, 2.24) is 19.7 Å². The topological polar surface area (TPSA) is 60.3 Å². The van der Waals surface area contributed by atoms with Crippen molar-refractivity contribution in [2.24, 2.45) is 0 Å². The second-order valence-corrected chi connectivity index (χ2v) is 6.08. The van der Waals surface area contributed by atoms with Gasteiger partial charge in [-0.2, -0.15) is 0 Å². The molecule has 0 spiro atoms. The van der Waals surface area contributed by atoms with Gasteiger partial charge in [0.2, 0.25) is 5.91 Å². The molecule has 2 aromatic rings. The SMILES string of the molecule is CCN(CC)C(=O)CSc1nnc(-c2ccc(OC)cc2)n1CC. The molecular formula is C17H24N4O2S. The van der Waals surface area contributed by atoms with Crippen molar-refractivity contribution >= 4 is 17.7 Å². The van der Waals surface area contributed by atoms with Crippen LogP contribution in [-0.2, 0) is 11.3 Å². The number of rotatable bonds is 8. The number of ether oxygens (including phenoxy) is 1. The predicted molar refractivity (Wildman–Crippen MR) is 96.3 cm³/mol. The van der Waals surface area contributed by atoms with Crippen LogP contribution in [0.3, 0.4) is 0 Å². The summed E-state index contributed by atoms with van der Waals surface area (Å²) in [5.74, 6) is 2.11. The molecule has 2 rings (SSSR count). The van der Waals surface area contributed by atoms with E-state index in [4.69, 9.17) is 4.74 Å². The Morgan fingerprint density at radius 3 is 2.38 bits per heavy atom. The Hall–Kier alpha value is -2.02. The summed E-state index contributed by atoms with van der Waals surface area (Å²) < 4.78 is 7.22. The van der Waals surface area contributed by atoms with Crippen molar-refractivity contribution < 1.29 is 9.53 Å². The smallest absolute Gasteiger partial charge is 0.233 e. The van der Waals surface area contributed by atoms with Crippen molar-refractivity contribution in [2.45, 2.75) is 32.5 Å². The molecule has 1 heterocycles. The number of thioether (sulfide) groups is 1. The van der Waals surface area contributed by atoms with Gasteiger partial charge in [-0.05, 0) is 45.0 Å². The standard InChI is InChI=1S/C17H24N4O2S/c1-5-20(6-2)15(22)12-24-17-19-18-16(21(17)7-3)13-8-10-14(23-4)11-9-13/h8-11H,5-7,12H2,1-4H3. The van der Waals surface area contributed by atoms with Crippen molar-refractivity contribution in [1.29, 1.82) is 0 Å². The van der Waals surface area contributed by atoms with E-state index in [0.29, 0.717) is 5.75 Å². The average molecular weight is 348 g/mol. The summed E-state index contributed by atoms with van der Waals surface area (Å²) >= 11 is 1.44. The Morgan fingerprint density at radius 1 is 1.17 bits per heavy atom. The number of benzene rings is 1. The van der Waals surface area contributed by atoms with Crippen LogP contribution in [-0.4, -0.2) is 51.5 Å². The quantitative estimate of drug-likeness (QED) is 0.687. The molecule has 130 valence electrons. The van der Waals surface area contributed by atoms with Crippen LogP contribution in [0.1, 0.15) is 20.8 Å². The first kappa shape index (κ1) is 18.3. The Bertz CT molecular complexity index is 666. The Kier molecular flexibility index (Phi) is 6.66. The largest absolute Gasteiger partial charge is 0.497 e. The summed E-state index contributed by atoms with van der Waals surface area (Å²) in [4.78, 5) is 14.0. The van der Waals surface area contributed by atoms with Gasteiger partial charge < -0.3 is 14.2 Å². The highest BCUT2D eigenvalue weighted by molar-refractivity contribution is 7.99. The number of methoxy groups -OCH3 is 1. The summed E-state index contributed by atoms with van der Waals surface area (Å²) in [6.07, 6.45) is 0. The lowest BCUT2D eigenvalue weighted by molar-refractivity contribution is -0.127. The van der Waals surface area contributed by atoms with E-state index in [0.717, 1.165) is 41.9 Å². The fourth-order valence-corrected chi connectivity index (χ4v) is 3.33. The maximum absolute atomic E-state index is 12.2. The van der Waals surface area contributed by atoms with E-state index in [1.54, 1.807) is 7.11 Å². The van der Waals surface area contributed by atoms with Gasteiger partial charge in [-0.1, -0.05) is 11.8 Å². The van der Waals surface area contributed by atoms with E-state index in [-0.39, 0.29) is 5.91 Å². The molecule has 0 aliphatic carbocycles.